The topological polar surface area (TPSA) is 69.4 Å². The van der Waals surface area contributed by atoms with Gasteiger partial charge in [0.1, 0.15) is 17.8 Å². The van der Waals surface area contributed by atoms with Crippen molar-refractivity contribution in [1.82, 2.24) is 0 Å². The normalized spacial score (nSPS) is 10.2. The highest BCUT2D eigenvalue weighted by atomic mass is 16.6. The molecule has 0 aliphatic heterocycles. The third kappa shape index (κ3) is 3.08. The van der Waals surface area contributed by atoms with Crippen molar-refractivity contribution in [2.75, 3.05) is 0 Å². The van der Waals surface area contributed by atoms with Crippen molar-refractivity contribution in [3.63, 3.8) is 0 Å². The van der Waals surface area contributed by atoms with E-state index < -0.39 is 4.92 Å². The van der Waals surface area contributed by atoms with E-state index in [-0.39, 0.29) is 5.69 Å². The Bertz CT molecular complexity index is 722. The summed E-state index contributed by atoms with van der Waals surface area (Å²) >= 11 is 0. The van der Waals surface area contributed by atoms with Gasteiger partial charge in [-0.2, -0.15) is 0 Å². The highest BCUT2D eigenvalue weighted by Gasteiger charge is 2.15. The molecule has 2 aromatic carbocycles. The minimum absolute atomic E-state index is 0.0257. The summed E-state index contributed by atoms with van der Waals surface area (Å²) in [5, 5.41) is 11.0. The number of nitro groups is 1. The molecule has 0 N–H and O–H groups in total. The molecule has 2 aromatic rings. The molecule has 0 fully saturated rings. The molecular formula is C16H15NO4. The second-order valence-electron chi connectivity index (χ2n) is 4.91. The Morgan fingerprint density at radius 2 is 1.67 bits per heavy atom. The molecule has 0 saturated carbocycles. The molecule has 108 valence electrons. The third-order valence-electron chi connectivity index (χ3n) is 3.25. The van der Waals surface area contributed by atoms with Gasteiger partial charge < -0.3 is 4.74 Å². The highest BCUT2D eigenvalue weighted by Crippen LogP contribution is 2.32. The van der Waals surface area contributed by atoms with Crippen molar-refractivity contribution in [3.05, 3.63) is 62.7 Å². The fourth-order valence-corrected chi connectivity index (χ4v) is 2.11. The number of nitro benzene ring substituents is 1. The zero-order valence-corrected chi connectivity index (χ0v) is 12.0. The molecule has 5 nitrogen and oxygen atoms in total. The number of carbonyl (C=O) groups excluding carboxylic acids is 1. The molecule has 0 unspecified atom stereocenters. The monoisotopic (exact) mass is 285 g/mol. The summed E-state index contributed by atoms with van der Waals surface area (Å²) in [6.07, 6.45) is 0.763. The summed E-state index contributed by atoms with van der Waals surface area (Å²) in [7, 11) is 0. The average molecular weight is 285 g/mol. The number of ether oxygens (including phenoxy) is 1. The molecule has 0 aliphatic rings. The van der Waals surface area contributed by atoms with E-state index in [0.29, 0.717) is 22.6 Å². The maximum Gasteiger partial charge on any atom is 0.276 e. The van der Waals surface area contributed by atoms with Gasteiger partial charge >= 0.3 is 0 Å². The first kappa shape index (κ1) is 14.7. The molecule has 0 amide bonds. The number of carbonyl (C=O) groups is 1. The molecule has 0 spiro atoms. The van der Waals surface area contributed by atoms with Gasteiger partial charge in [0, 0.05) is 11.1 Å². The van der Waals surface area contributed by atoms with Crippen LogP contribution in [0.3, 0.4) is 0 Å². The Hall–Kier alpha value is -2.69. The van der Waals surface area contributed by atoms with Crippen LogP contribution in [0.25, 0.3) is 0 Å². The van der Waals surface area contributed by atoms with Gasteiger partial charge in [-0.25, -0.2) is 0 Å². The van der Waals surface area contributed by atoms with Crippen LogP contribution in [0.15, 0.2) is 30.3 Å². The zero-order valence-electron chi connectivity index (χ0n) is 12.0. The Morgan fingerprint density at radius 3 is 2.24 bits per heavy atom. The van der Waals surface area contributed by atoms with E-state index in [1.54, 1.807) is 31.2 Å². The van der Waals surface area contributed by atoms with E-state index in [9.17, 15) is 14.9 Å². The average Bonchev–Trinajstić information content (AvgIpc) is 2.43. The molecule has 2 rings (SSSR count). The lowest BCUT2D eigenvalue weighted by Crippen LogP contribution is -1.96. The Balaban J connectivity index is 2.42. The lowest BCUT2D eigenvalue weighted by molar-refractivity contribution is -0.385. The molecule has 0 radical (unpaired) electrons. The van der Waals surface area contributed by atoms with Crippen molar-refractivity contribution in [3.8, 4) is 11.5 Å². The van der Waals surface area contributed by atoms with Crippen molar-refractivity contribution in [2.45, 2.75) is 20.8 Å². The van der Waals surface area contributed by atoms with Crippen LogP contribution in [0.2, 0.25) is 0 Å². The predicted octanol–water partition coefficient (Wildman–Crippen LogP) is 4.12. The summed E-state index contributed by atoms with van der Waals surface area (Å²) in [5.74, 6) is 1.01. The Labute approximate surface area is 122 Å². The fourth-order valence-electron chi connectivity index (χ4n) is 2.11. The van der Waals surface area contributed by atoms with E-state index in [0.717, 1.165) is 17.4 Å². The fraction of sp³-hybridized carbons (Fsp3) is 0.188. The van der Waals surface area contributed by atoms with Gasteiger partial charge in [0.25, 0.3) is 5.69 Å². The van der Waals surface area contributed by atoms with E-state index in [1.807, 2.05) is 13.8 Å². The number of benzene rings is 2. The van der Waals surface area contributed by atoms with E-state index in [4.69, 9.17) is 4.74 Å². The summed E-state index contributed by atoms with van der Waals surface area (Å²) in [4.78, 5) is 21.3. The summed E-state index contributed by atoms with van der Waals surface area (Å²) in [5.41, 5.74) is 2.79. The predicted molar refractivity (Wildman–Crippen MR) is 79.2 cm³/mol. The van der Waals surface area contributed by atoms with Crippen LogP contribution in [0.5, 0.6) is 11.5 Å². The Kier molecular flexibility index (Phi) is 4.03. The number of aryl methyl sites for hydroxylation is 3. The first-order valence-corrected chi connectivity index (χ1v) is 6.41. The molecule has 0 atom stereocenters. The first-order chi connectivity index (χ1) is 9.92. The third-order valence-corrected chi connectivity index (χ3v) is 3.25. The van der Waals surface area contributed by atoms with Crippen LogP contribution in [0.1, 0.15) is 27.0 Å². The molecular weight excluding hydrogens is 270 g/mol. The van der Waals surface area contributed by atoms with Gasteiger partial charge in [-0.15, -0.1) is 0 Å². The number of nitrogens with zero attached hydrogens (tertiary/aromatic N) is 1. The molecule has 0 bridgehead atoms. The van der Waals surface area contributed by atoms with E-state index in [2.05, 4.69) is 0 Å². The lowest BCUT2D eigenvalue weighted by atomic mass is 10.1. The van der Waals surface area contributed by atoms with Crippen molar-refractivity contribution >= 4 is 12.0 Å². The van der Waals surface area contributed by atoms with Gasteiger partial charge in [0.15, 0.2) is 0 Å². The SMILES string of the molecule is Cc1cc(C=O)ccc1Oc1cc([N+](=O)[O-])c(C)cc1C. The first-order valence-electron chi connectivity index (χ1n) is 6.41. The molecule has 0 aliphatic carbocycles. The lowest BCUT2D eigenvalue weighted by Gasteiger charge is -2.12. The molecule has 0 saturated heterocycles. The van der Waals surface area contributed by atoms with E-state index >= 15 is 0 Å². The maximum atomic E-state index is 11.0. The minimum Gasteiger partial charge on any atom is -0.457 e. The molecule has 21 heavy (non-hydrogen) atoms. The zero-order chi connectivity index (χ0) is 15.6. The smallest absolute Gasteiger partial charge is 0.276 e. The molecule has 5 heteroatoms. The highest BCUT2D eigenvalue weighted by molar-refractivity contribution is 5.75. The van der Waals surface area contributed by atoms with Crippen LogP contribution in [-0.4, -0.2) is 11.2 Å². The molecule has 0 heterocycles. The van der Waals surface area contributed by atoms with Gasteiger partial charge in [0.05, 0.1) is 11.0 Å². The number of hydrogen-bond acceptors (Lipinski definition) is 4. The van der Waals surface area contributed by atoms with Crippen LogP contribution in [0.4, 0.5) is 5.69 Å². The van der Waals surface area contributed by atoms with Gasteiger partial charge in [-0.1, -0.05) is 0 Å². The number of rotatable bonds is 4. The minimum atomic E-state index is -0.427. The summed E-state index contributed by atoms with van der Waals surface area (Å²) in [6, 6.07) is 8.19. The standard InChI is InChI=1S/C16H15NO4/c1-10-6-11(2)16(8-14(10)17(19)20)21-15-5-4-13(9-18)7-12(15)3/h4-9H,1-3H3. The number of hydrogen-bond donors (Lipinski definition) is 0. The van der Waals surface area contributed by atoms with Crippen LogP contribution < -0.4 is 4.74 Å². The van der Waals surface area contributed by atoms with Crippen LogP contribution in [0, 0.1) is 30.9 Å². The van der Waals surface area contributed by atoms with Crippen molar-refractivity contribution < 1.29 is 14.5 Å². The van der Waals surface area contributed by atoms with Crippen molar-refractivity contribution in [1.29, 1.82) is 0 Å². The number of aldehydes is 1. The quantitative estimate of drug-likeness (QED) is 0.481. The second-order valence-corrected chi connectivity index (χ2v) is 4.91. The molecule has 0 aromatic heterocycles. The van der Waals surface area contributed by atoms with Gasteiger partial charge in [-0.05, 0) is 56.2 Å². The van der Waals surface area contributed by atoms with Crippen LogP contribution >= 0.6 is 0 Å². The summed E-state index contributed by atoms with van der Waals surface area (Å²) in [6.45, 7) is 5.35. The Morgan fingerprint density at radius 1 is 1.00 bits per heavy atom. The summed E-state index contributed by atoms with van der Waals surface area (Å²) < 4.78 is 5.76. The van der Waals surface area contributed by atoms with Crippen molar-refractivity contribution in [2.24, 2.45) is 0 Å². The second kappa shape index (κ2) is 5.75. The van der Waals surface area contributed by atoms with Crippen LogP contribution in [-0.2, 0) is 0 Å². The maximum absolute atomic E-state index is 11.0. The van der Waals surface area contributed by atoms with E-state index in [1.165, 1.54) is 6.07 Å². The largest absolute Gasteiger partial charge is 0.457 e. The van der Waals surface area contributed by atoms with Gasteiger partial charge in [0.2, 0.25) is 0 Å². The van der Waals surface area contributed by atoms with Gasteiger partial charge in [-0.3, -0.25) is 14.9 Å².